The van der Waals surface area contributed by atoms with Crippen molar-refractivity contribution in [2.45, 2.75) is 40.2 Å². The second kappa shape index (κ2) is 10.4. The van der Waals surface area contributed by atoms with Gasteiger partial charge in [-0.15, -0.1) is 0 Å². The van der Waals surface area contributed by atoms with Gasteiger partial charge in [0.25, 0.3) is 5.91 Å². The third-order valence-electron chi connectivity index (χ3n) is 4.60. The van der Waals surface area contributed by atoms with Gasteiger partial charge in [0, 0.05) is 19.2 Å². The minimum Gasteiger partial charge on any atom is -0.507 e. The molecule has 0 aliphatic carbocycles. The van der Waals surface area contributed by atoms with E-state index in [0.717, 1.165) is 5.56 Å². The predicted molar refractivity (Wildman–Crippen MR) is 110 cm³/mol. The number of ether oxygens (including phenoxy) is 1. The average Bonchev–Trinajstić information content (AvgIpc) is 2.72. The number of nitrogens with zero attached hydrogens (tertiary/aromatic N) is 2. The average molecular weight is 414 g/mol. The summed E-state index contributed by atoms with van der Waals surface area (Å²) in [6, 6.07) is 7.98. The lowest BCUT2D eigenvalue weighted by Gasteiger charge is -2.19. The van der Waals surface area contributed by atoms with E-state index in [0.29, 0.717) is 24.4 Å². The molecule has 0 unspecified atom stereocenters. The Bertz CT molecular complexity index is 941. The van der Waals surface area contributed by atoms with E-state index in [-0.39, 0.29) is 48.3 Å². The molecule has 0 aliphatic heterocycles. The summed E-state index contributed by atoms with van der Waals surface area (Å²) in [5.41, 5.74) is 1.73. The van der Waals surface area contributed by atoms with Gasteiger partial charge in [-0.05, 0) is 44.0 Å². The highest BCUT2D eigenvalue weighted by molar-refractivity contribution is 5.97. The molecule has 0 saturated carbocycles. The minimum atomic E-state index is -0.970. The summed E-state index contributed by atoms with van der Waals surface area (Å²) in [6.07, 6.45) is 0.471. The van der Waals surface area contributed by atoms with Crippen LogP contribution in [0.2, 0.25) is 0 Å². The van der Waals surface area contributed by atoms with Crippen molar-refractivity contribution in [1.29, 1.82) is 0 Å². The topological polar surface area (TPSA) is 117 Å². The number of hydrogen-bond donors (Lipinski definition) is 2. The number of aliphatic carboxylic acids is 1. The number of phenolic OH excluding ortho intramolecular Hbond substituents is 1. The van der Waals surface area contributed by atoms with Crippen LogP contribution in [0.15, 0.2) is 30.3 Å². The van der Waals surface area contributed by atoms with Crippen molar-refractivity contribution in [1.82, 2.24) is 9.88 Å². The fraction of sp³-hybridized carbons (Fsp3) is 0.364. The molecule has 1 amide bonds. The Hall–Kier alpha value is -3.42. The van der Waals surface area contributed by atoms with Gasteiger partial charge >= 0.3 is 5.97 Å². The highest BCUT2D eigenvalue weighted by atomic mass is 16.5. The number of ketones is 1. The third kappa shape index (κ3) is 5.79. The molecule has 0 atom stereocenters. The second-order valence-corrected chi connectivity index (χ2v) is 6.72. The van der Waals surface area contributed by atoms with E-state index >= 15 is 0 Å². The first kappa shape index (κ1) is 22.9. The highest BCUT2D eigenvalue weighted by Crippen LogP contribution is 2.29. The summed E-state index contributed by atoms with van der Waals surface area (Å²) in [5, 5.41) is 18.9. The number of rotatable bonds is 10. The van der Waals surface area contributed by atoms with Crippen LogP contribution in [0.1, 0.15) is 59.3 Å². The molecule has 0 aliphatic rings. The Morgan fingerprint density at radius 3 is 2.50 bits per heavy atom. The number of carbonyl (C=O) groups excluding carboxylic acids is 2. The molecule has 1 heterocycles. The van der Waals surface area contributed by atoms with Crippen LogP contribution in [0.25, 0.3) is 0 Å². The monoisotopic (exact) mass is 414 g/mol. The molecular weight excluding hydrogens is 388 g/mol. The van der Waals surface area contributed by atoms with Crippen LogP contribution >= 0.6 is 0 Å². The maximum absolute atomic E-state index is 12.6. The van der Waals surface area contributed by atoms with E-state index in [1.807, 2.05) is 6.92 Å². The van der Waals surface area contributed by atoms with E-state index in [4.69, 9.17) is 9.84 Å². The molecular formula is C22H26N2O6. The minimum absolute atomic E-state index is 0.0637. The van der Waals surface area contributed by atoms with E-state index < -0.39 is 5.97 Å². The molecule has 0 saturated heterocycles. The first-order valence-corrected chi connectivity index (χ1v) is 9.73. The first-order valence-electron chi connectivity index (χ1n) is 9.73. The maximum atomic E-state index is 12.6. The number of carboxylic acids is 1. The fourth-order valence-corrected chi connectivity index (χ4v) is 2.93. The van der Waals surface area contributed by atoms with Gasteiger partial charge in [0.05, 0.1) is 17.7 Å². The largest absolute Gasteiger partial charge is 0.507 e. The van der Waals surface area contributed by atoms with Crippen LogP contribution in [0.3, 0.4) is 0 Å². The zero-order chi connectivity index (χ0) is 22.3. The number of aromatic hydroxyl groups is 1. The van der Waals surface area contributed by atoms with Gasteiger partial charge in [-0.3, -0.25) is 14.4 Å². The smallest absolute Gasteiger partial charge is 0.305 e. The van der Waals surface area contributed by atoms with Gasteiger partial charge in [-0.2, -0.15) is 0 Å². The van der Waals surface area contributed by atoms with Gasteiger partial charge in [0.2, 0.25) is 0 Å². The van der Waals surface area contributed by atoms with Gasteiger partial charge in [0.1, 0.15) is 23.8 Å². The van der Waals surface area contributed by atoms with Gasteiger partial charge in [-0.25, -0.2) is 4.98 Å². The first-order chi connectivity index (χ1) is 14.3. The van der Waals surface area contributed by atoms with E-state index in [1.165, 1.54) is 17.9 Å². The van der Waals surface area contributed by atoms with Crippen molar-refractivity contribution in [2.24, 2.45) is 0 Å². The summed E-state index contributed by atoms with van der Waals surface area (Å²) in [4.78, 5) is 40.8. The van der Waals surface area contributed by atoms with Crippen LogP contribution in [0.5, 0.6) is 11.5 Å². The van der Waals surface area contributed by atoms with Crippen molar-refractivity contribution < 1.29 is 29.3 Å². The van der Waals surface area contributed by atoms with Crippen LogP contribution in [0, 0.1) is 0 Å². The summed E-state index contributed by atoms with van der Waals surface area (Å²) < 4.78 is 5.79. The molecule has 8 heteroatoms. The number of hydrogen-bond acceptors (Lipinski definition) is 6. The lowest BCUT2D eigenvalue weighted by atomic mass is 10.0. The number of aryl methyl sites for hydroxylation is 1. The van der Waals surface area contributed by atoms with Crippen molar-refractivity contribution in [3.05, 3.63) is 52.8 Å². The molecule has 0 fully saturated rings. The summed E-state index contributed by atoms with van der Waals surface area (Å²) in [5.74, 6) is -1.26. The van der Waals surface area contributed by atoms with Gasteiger partial charge in [-0.1, -0.05) is 13.0 Å². The van der Waals surface area contributed by atoms with Gasteiger partial charge in [0.15, 0.2) is 5.78 Å². The standard InChI is InChI=1S/C22H26N2O6/c1-4-15-11-17(14(3)25)19(26)12-20(15)30-13-16-7-6-8-18(23-16)22(29)24(5-2)10-9-21(27)28/h6-8,11-12,26H,4-5,9-10,13H2,1-3H3,(H,27,28). The molecule has 0 bridgehead atoms. The van der Waals surface area contributed by atoms with Crippen molar-refractivity contribution in [2.75, 3.05) is 13.1 Å². The Balaban J connectivity index is 2.16. The number of benzene rings is 1. The predicted octanol–water partition coefficient (Wildman–Crippen LogP) is 3.07. The molecule has 160 valence electrons. The quantitative estimate of drug-likeness (QED) is 0.574. The number of carboxylic acid groups (broad SMARTS) is 1. The number of Topliss-reactive ketones (excluding diaryl/α,β-unsaturated/α-hetero) is 1. The lowest BCUT2D eigenvalue weighted by molar-refractivity contribution is -0.137. The molecule has 1 aromatic heterocycles. The SMILES string of the molecule is CCc1cc(C(C)=O)c(O)cc1OCc1cccc(C(=O)N(CC)CCC(=O)O)n1. The molecule has 2 N–H and O–H groups in total. The zero-order valence-electron chi connectivity index (χ0n) is 17.3. The number of aromatic nitrogens is 1. The van der Waals surface area contributed by atoms with Crippen LogP contribution in [-0.4, -0.2) is 50.8 Å². The summed E-state index contributed by atoms with van der Waals surface area (Å²) in [6.45, 7) is 5.62. The van der Waals surface area contributed by atoms with Crippen molar-refractivity contribution in [3.8, 4) is 11.5 Å². The van der Waals surface area contributed by atoms with Gasteiger partial charge < -0.3 is 19.8 Å². The molecule has 2 rings (SSSR count). The molecule has 1 aromatic carbocycles. The number of pyridine rings is 1. The Morgan fingerprint density at radius 2 is 1.90 bits per heavy atom. The maximum Gasteiger partial charge on any atom is 0.305 e. The number of phenols is 1. The Morgan fingerprint density at radius 1 is 1.17 bits per heavy atom. The molecule has 2 aromatic rings. The van der Waals surface area contributed by atoms with Crippen molar-refractivity contribution in [3.63, 3.8) is 0 Å². The second-order valence-electron chi connectivity index (χ2n) is 6.72. The van der Waals surface area contributed by atoms with Crippen molar-refractivity contribution >= 4 is 17.7 Å². The molecule has 0 radical (unpaired) electrons. The fourth-order valence-electron chi connectivity index (χ4n) is 2.93. The third-order valence-corrected chi connectivity index (χ3v) is 4.60. The lowest BCUT2D eigenvalue weighted by Crippen LogP contribution is -2.33. The van der Waals surface area contributed by atoms with Crippen LogP contribution < -0.4 is 4.74 Å². The molecule has 8 nitrogen and oxygen atoms in total. The Labute approximate surface area is 175 Å². The summed E-state index contributed by atoms with van der Waals surface area (Å²) >= 11 is 0. The Kier molecular flexibility index (Phi) is 7.91. The zero-order valence-corrected chi connectivity index (χ0v) is 17.3. The number of carbonyl (C=O) groups is 3. The van der Waals surface area contributed by atoms with E-state index in [9.17, 15) is 19.5 Å². The van der Waals surface area contributed by atoms with E-state index in [2.05, 4.69) is 4.98 Å². The highest BCUT2D eigenvalue weighted by Gasteiger charge is 2.17. The number of amides is 1. The normalized spacial score (nSPS) is 10.5. The van der Waals surface area contributed by atoms with Crippen LogP contribution in [-0.2, 0) is 17.8 Å². The molecule has 0 spiro atoms. The molecule has 30 heavy (non-hydrogen) atoms. The summed E-state index contributed by atoms with van der Waals surface area (Å²) in [7, 11) is 0. The van der Waals surface area contributed by atoms with E-state index in [1.54, 1.807) is 31.2 Å². The van der Waals surface area contributed by atoms with Crippen LogP contribution in [0.4, 0.5) is 0 Å².